The standard InChI is InChI=1S/C21H20FN5/c1-2-3-4-15-5-9-17(10-6-15)26-20-19-13-25-27(21(19)24-14-23-20)18-11-7-16(22)8-12-18/h5-14H,2-4H2,1H3,(H,23,24,26). The zero-order valence-corrected chi connectivity index (χ0v) is 15.1. The highest BCUT2D eigenvalue weighted by Gasteiger charge is 2.11. The van der Waals surface area contributed by atoms with Crippen LogP contribution in [0, 0.1) is 5.82 Å². The number of aromatic nitrogens is 4. The van der Waals surface area contributed by atoms with E-state index in [0.717, 1.165) is 23.2 Å². The van der Waals surface area contributed by atoms with Crippen molar-refractivity contribution in [3.8, 4) is 5.69 Å². The predicted molar refractivity (Wildman–Crippen MR) is 105 cm³/mol. The van der Waals surface area contributed by atoms with E-state index in [-0.39, 0.29) is 5.82 Å². The van der Waals surface area contributed by atoms with Crippen molar-refractivity contribution >= 4 is 22.5 Å². The average Bonchev–Trinajstić information content (AvgIpc) is 3.13. The van der Waals surface area contributed by atoms with Crippen molar-refractivity contribution in [3.05, 3.63) is 72.4 Å². The summed E-state index contributed by atoms with van der Waals surface area (Å²) in [4.78, 5) is 8.71. The van der Waals surface area contributed by atoms with Crippen molar-refractivity contribution in [3.63, 3.8) is 0 Å². The summed E-state index contributed by atoms with van der Waals surface area (Å²) < 4.78 is 14.9. The number of aryl methyl sites for hydroxylation is 1. The van der Waals surface area contributed by atoms with Crippen molar-refractivity contribution in [1.82, 2.24) is 19.7 Å². The van der Waals surface area contributed by atoms with Crippen LogP contribution in [0.3, 0.4) is 0 Å². The number of fused-ring (bicyclic) bond motifs is 1. The summed E-state index contributed by atoms with van der Waals surface area (Å²) in [6, 6.07) is 14.5. The van der Waals surface area contributed by atoms with Crippen molar-refractivity contribution in [2.24, 2.45) is 0 Å². The van der Waals surface area contributed by atoms with Crippen molar-refractivity contribution in [2.75, 3.05) is 5.32 Å². The smallest absolute Gasteiger partial charge is 0.168 e. The minimum Gasteiger partial charge on any atom is -0.340 e. The highest BCUT2D eigenvalue weighted by molar-refractivity contribution is 5.89. The molecule has 0 aliphatic carbocycles. The van der Waals surface area contributed by atoms with Gasteiger partial charge in [0.15, 0.2) is 5.65 Å². The summed E-state index contributed by atoms with van der Waals surface area (Å²) in [6.07, 6.45) is 6.70. The summed E-state index contributed by atoms with van der Waals surface area (Å²) in [5, 5.41) is 8.54. The second kappa shape index (κ2) is 7.53. The number of hydrogen-bond donors (Lipinski definition) is 1. The van der Waals surface area contributed by atoms with Crippen LogP contribution in [0.4, 0.5) is 15.9 Å². The number of halogens is 1. The van der Waals surface area contributed by atoms with Gasteiger partial charge in [-0.25, -0.2) is 19.0 Å². The van der Waals surface area contributed by atoms with E-state index >= 15 is 0 Å². The Morgan fingerprint density at radius 2 is 1.78 bits per heavy atom. The number of anilines is 2. The molecule has 2 heterocycles. The largest absolute Gasteiger partial charge is 0.340 e. The topological polar surface area (TPSA) is 55.6 Å². The SMILES string of the molecule is CCCCc1ccc(Nc2ncnc3c2cnn3-c2ccc(F)cc2)cc1. The van der Waals surface area contributed by atoms with Crippen LogP contribution in [-0.2, 0) is 6.42 Å². The lowest BCUT2D eigenvalue weighted by molar-refractivity contribution is 0.627. The Bertz CT molecular complexity index is 1040. The minimum absolute atomic E-state index is 0.283. The Morgan fingerprint density at radius 1 is 1.00 bits per heavy atom. The van der Waals surface area contributed by atoms with Gasteiger partial charge in [0, 0.05) is 5.69 Å². The molecule has 0 atom stereocenters. The van der Waals surface area contributed by atoms with Gasteiger partial charge in [-0.1, -0.05) is 25.5 Å². The maximum absolute atomic E-state index is 13.2. The molecule has 0 amide bonds. The molecule has 1 N–H and O–H groups in total. The third-order valence-corrected chi connectivity index (χ3v) is 4.47. The molecule has 136 valence electrons. The number of unbranched alkanes of at least 4 members (excludes halogenated alkanes) is 1. The van der Waals surface area contributed by atoms with E-state index in [4.69, 9.17) is 0 Å². The molecule has 0 fully saturated rings. The first-order valence-corrected chi connectivity index (χ1v) is 9.05. The van der Waals surface area contributed by atoms with Crippen LogP contribution in [0.15, 0.2) is 61.1 Å². The molecule has 0 bridgehead atoms. The Morgan fingerprint density at radius 3 is 2.52 bits per heavy atom. The number of nitrogens with zero attached hydrogens (tertiary/aromatic N) is 4. The highest BCUT2D eigenvalue weighted by atomic mass is 19.1. The maximum Gasteiger partial charge on any atom is 0.168 e. The van der Waals surface area contributed by atoms with Gasteiger partial charge in [0.05, 0.1) is 17.3 Å². The summed E-state index contributed by atoms with van der Waals surface area (Å²) in [5.74, 6) is 0.407. The van der Waals surface area contributed by atoms with Crippen LogP contribution < -0.4 is 5.32 Å². The molecule has 0 aliphatic heterocycles. The van der Waals surface area contributed by atoms with Crippen LogP contribution in [0.5, 0.6) is 0 Å². The predicted octanol–water partition coefficient (Wildman–Crippen LogP) is 5.04. The molecular formula is C21H20FN5. The lowest BCUT2D eigenvalue weighted by Gasteiger charge is -2.08. The van der Waals surface area contributed by atoms with Crippen LogP contribution in [0.25, 0.3) is 16.7 Å². The van der Waals surface area contributed by atoms with Gasteiger partial charge in [-0.2, -0.15) is 5.10 Å². The molecule has 6 heteroatoms. The average molecular weight is 361 g/mol. The Balaban J connectivity index is 1.62. The van der Waals surface area contributed by atoms with Gasteiger partial charge in [-0.3, -0.25) is 0 Å². The Labute approximate surface area is 156 Å². The van der Waals surface area contributed by atoms with Gasteiger partial charge in [0.25, 0.3) is 0 Å². The van der Waals surface area contributed by atoms with E-state index in [2.05, 4.69) is 51.6 Å². The third-order valence-electron chi connectivity index (χ3n) is 4.47. The summed E-state index contributed by atoms with van der Waals surface area (Å²) in [6.45, 7) is 2.20. The fraction of sp³-hybridized carbons (Fsp3) is 0.190. The molecule has 0 radical (unpaired) electrons. The molecule has 4 rings (SSSR count). The second-order valence-corrected chi connectivity index (χ2v) is 6.42. The number of nitrogens with one attached hydrogen (secondary N) is 1. The summed E-state index contributed by atoms with van der Waals surface area (Å²) in [7, 11) is 0. The normalized spacial score (nSPS) is 11.0. The van der Waals surface area contributed by atoms with E-state index in [0.29, 0.717) is 11.5 Å². The molecule has 27 heavy (non-hydrogen) atoms. The molecule has 4 aromatic rings. The molecular weight excluding hydrogens is 341 g/mol. The molecule has 0 saturated carbocycles. The summed E-state index contributed by atoms with van der Waals surface area (Å²) in [5.41, 5.74) is 3.71. The fourth-order valence-corrected chi connectivity index (χ4v) is 2.99. The lowest BCUT2D eigenvalue weighted by Crippen LogP contribution is -1.99. The van der Waals surface area contributed by atoms with Crippen molar-refractivity contribution in [1.29, 1.82) is 0 Å². The van der Waals surface area contributed by atoms with Crippen LogP contribution in [0.2, 0.25) is 0 Å². The van der Waals surface area contributed by atoms with Crippen LogP contribution in [-0.4, -0.2) is 19.7 Å². The van der Waals surface area contributed by atoms with Gasteiger partial charge in [0.2, 0.25) is 0 Å². The first kappa shape index (κ1) is 17.1. The summed E-state index contributed by atoms with van der Waals surface area (Å²) >= 11 is 0. The van der Waals surface area contributed by atoms with Crippen LogP contribution >= 0.6 is 0 Å². The van der Waals surface area contributed by atoms with Crippen LogP contribution in [0.1, 0.15) is 25.3 Å². The maximum atomic E-state index is 13.2. The minimum atomic E-state index is -0.283. The van der Waals surface area contributed by atoms with Gasteiger partial charge in [0.1, 0.15) is 18.0 Å². The van der Waals surface area contributed by atoms with Gasteiger partial charge >= 0.3 is 0 Å². The molecule has 0 aliphatic rings. The van der Waals surface area contributed by atoms with Gasteiger partial charge < -0.3 is 5.32 Å². The number of hydrogen-bond acceptors (Lipinski definition) is 4. The quantitative estimate of drug-likeness (QED) is 0.523. The Kier molecular flexibility index (Phi) is 4.78. The molecule has 2 aromatic carbocycles. The monoisotopic (exact) mass is 361 g/mol. The zero-order valence-electron chi connectivity index (χ0n) is 15.1. The first-order valence-electron chi connectivity index (χ1n) is 9.05. The molecule has 0 spiro atoms. The van der Waals surface area contributed by atoms with Crippen molar-refractivity contribution < 1.29 is 4.39 Å². The first-order chi connectivity index (χ1) is 13.2. The van der Waals surface area contributed by atoms with E-state index in [1.165, 1.54) is 36.9 Å². The number of benzene rings is 2. The van der Waals surface area contributed by atoms with Gasteiger partial charge in [-0.15, -0.1) is 0 Å². The van der Waals surface area contributed by atoms with E-state index in [1.807, 2.05) is 0 Å². The third kappa shape index (κ3) is 3.65. The Hall–Kier alpha value is -3.28. The van der Waals surface area contributed by atoms with E-state index in [1.54, 1.807) is 23.0 Å². The lowest BCUT2D eigenvalue weighted by atomic mass is 10.1. The van der Waals surface area contributed by atoms with Crippen molar-refractivity contribution in [2.45, 2.75) is 26.2 Å². The number of rotatable bonds is 6. The zero-order chi connectivity index (χ0) is 18.6. The molecule has 5 nitrogen and oxygen atoms in total. The van der Waals surface area contributed by atoms with Gasteiger partial charge in [-0.05, 0) is 54.8 Å². The molecule has 2 aromatic heterocycles. The molecule has 0 saturated heterocycles. The molecule has 0 unspecified atom stereocenters. The fourth-order valence-electron chi connectivity index (χ4n) is 2.99. The van der Waals surface area contributed by atoms with E-state index < -0.39 is 0 Å². The highest BCUT2D eigenvalue weighted by Crippen LogP contribution is 2.25. The second-order valence-electron chi connectivity index (χ2n) is 6.42. The van der Waals surface area contributed by atoms with E-state index in [9.17, 15) is 4.39 Å².